The molecule has 0 saturated heterocycles. The first-order valence-corrected chi connectivity index (χ1v) is 9.74. The van der Waals surface area contributed by atoms with Crippen LogP contribution >= 0.6 is 0 Å². The van der Waals surface area contributed by atoms with Gasteiger partial charge in [0.2, 0.25) is 0 Å². The summed E-state index contributed by atoms with van der Waals surface area (Å²) in [4.78, 5) is 21.2. The van der Waals surface area contributed by atoms with Crippen molar-refractivity contribution in [3.63, 3.8) is 0 Å². The second-order valence-electron chi connectivity index (χ2n) is 8.40. The maximum Gasteiger partial charge on any atom is 0.312 e. The summed E-state index contributed by atoms with van der Waals surface area (Å²) < 4.78 is 5.74. The molecule has 0 spiro atoms. The van der Waals surface area contributed by atoms with Crippen LogP contribution in [0.5, 0.6) is 5.75 Å². The molecular weight excluding hydrogens is 366 g/mol. The van der Waals surface area contributed by atoms with E-state index in [1.165, 1.54) is 5.56 Å². The predicted molar refractivity (Wildman–Crippen MR) is 114 cm³/mol. The van der Waals surface area contributed by atoms with Crippen LogP contribution in [-0.2, 0) is 4.79 Å². The normalized spacial score (nSPS) is 14.1. The highest BCUT2D eigenvalue weighted by Crippen LogP contribution is 2.31. The number of carboxylic acids is 1. The Bertz CT molecular complexity index is 980. The quantitative estimate of drug-likeness (QED) is 0.599. The molecule has 3 rings (SSSR count). The molecule has 154 valence electrons. The number of nitrogens with zero attached hydrogens (tertiary/aromatic N) is 2. The maximum absolute atomic E-state index is 11.3. The summed E-state index contributed by atoms with van der Waals surface area (Å²) in [6.07, 6.45) is 3.64. The number of aromatic nitrogens is 2. The summed E-state index contributed by atoms with van der Waals surface area (Å²) in [5.74, 6) is 0.865. The average molecular weight is 396 g/mol. The predicted octanol–water partition coefficient (Wildman–Crippen LogP) is 4.13. The monoisotopic (exact) mass is 395 g/mol. The van der Waals surface area contributed by atoms with Crippen LogP contribution in [0.4, 0.5) is 0 Å². The van der Waals surface area contributed by atoms with Crippen molar-refractivity contribution in [2.45, 2.75) is 32.7 Å². The molecule has 0 aliphatic rings. The van der Waals surface area contributed by atoms with Crippen molar-refractivity contribution in [3.05, 3.63) is 60.2 Å². The smallest absolute Gasteiger partial charge is 0.312 e. The standard InChI is InChI=1S/C23H29N3O3/c1-15(26(4)5)20(21-24-10-11-25-21)18-7-6-17-13-19(9-8-16(17)12-18)29-14-23(2,3)22(27)28/h6-13,15,20H,14H2,1-5H3,(H,24,25)(H,27,28). The van der Waals surface area contributed by atoms with Crippen molar-refractivity contribution >= 4 is 16.7 Å². The van der Waals surface area contributed by atoms with Gasteiger partial charge < -0.3 is 19.7 Å². The van der Waals surface area contributed by atoms with E-state index >= 15 is 0 Å². The molecule has 29 heavy (non-hydrogen) atoms. The Balaban J connectivity index is 1.89. The zero-order chi connectivity index (χ0) is 21.2. The van der Waals surface area contributed by atoms with Gasteiger partial charge in [0.15, 0.2) is 0 Å². The number of benzene rings is 2. The van der Waals surface area contributed by atoms with Gasteiger partial charge in [0.1, 0.15) is 18.2 Å². The van der Waals surface area contributed by atoms with Gasteiger partial charge in [0, 0.05) is 18.4 Å². The van der Waals surface area contributed by atoms with Crippen LogP contribution < -0.4 is 4.74 Å². The van der Waals surface area contributed by atoms with E-state index in [0.717, 1.165) is 16.6 Å². The molecule has 2 N–H and O–H groups in total. The second-order valence-corrected chi connectivity index (χ2v) is 8.40. The van der Waals surface area contributed by atoms with Gasteiger partial charge >= 0.3 is 5.97 Å². The number of rotatable bonds is 8. The fraction of sp³-hybridized carbons (Fsp3) is 0.391. The largest absolute Gasteiger partial charge is 0.492 e. The summed E-state index contributed by atoms with van der Waals surface area (Å²) in [6.45, 7) is 5.62. The summed E-state index contributed by atoms with van der Waals surface area (Å²) in [6, 6.07) is 12.5. The van der Waals surface area contributed by atoms with Gasteiger partial charge in [-0.2, -0.15) is 0 Å². The number of carbonyl (C=O) groups is 1. The van der Waals surface area contributed by atoms with E-state index < -0.39 is 11.4 Å². The van der Waals surface area contributed by atoms with E-state index in [2.05, 4.69) is 54.1 Å². The molecule has 3 aromatic rings. The van der Waals surface area contributed by atoms with Gasteiger partial charge in [0.05, 0.1) is 11.3 Å². The number of hydrogen-bond acceptors (Lipinski definition) is 4. The Morgan fingerprint density at radius 1 is 1.21 bits per heavy atom. The van der Waals surface area contributed by atoms with Crippen LogP contribution in [0.15, 0.2) is 48.8 Å². The van der Waals surface area contributed by atoms with Crippen LogP contribution in [-0.4, -0.2) is 52.7 Å². The van der Waals surface area contributed by atoms with E-state index in [1.54, 1.807) is 20.0 Å². The lowest BCUT2D eigenvalue weighted by Crippen LogP contribution is -2.32. The van der Waals surface area contributed by atoms with Crippen LogP contribution in [0.3, 0.4) is 0 Å². The highest BCUT2D eigenvalue weighted by Gasteiger charge is 2.28. The topological polar surface area (TPSA) is 78.5 Å². The van der Waals surface area contributed by atoms with Gasteiger partial charge in [-0.15, -0.1) is 0 Å². The number of imidazole rings is 1. The molecule has 0 radical (unpaired) electrons. The number of ether oxygens (including phenoxy) is 1. The van der Waals surface area contributed by atoms with Crippen molar-refractivity contribution in [1.82, 2.24) is 14.9 Å². The number of carboxylic acid groups (broad SMARTS) is 1. The van der Waals surface area contributed by atoms with Crippen molar-refractivity contribution in [1.29, 1.82) is 0 Å². The van der Waals surface area contributed by atoms with Gasteiger partial charge in [-0.05, 0) is 63.3 Å². The van der Waals surface area contributed by atoms with Crippen LogP contribution in [0.25, 0.3) is 10.8 Å². The molecule has 0 aliphatic carbocycles. The lowest BCUT2D eigenvalue weighted by Gasteiger charge is -2.28. The van der Waals surface area contributed by atoms with Crippen LogP contribution in [0.2, 0.25) is 0 Å². The zero-order valence-electron chi connectivity index (χ0n) is 17.6. The number of hydrogen-bond donors (Lipinski definition) is 2. The van der Waals surface area contributed by atoms with Gasteiger partial charge in [-0.1, -0.05) is 24.3 Å². The molecule has 1 heterocycles. The van der Waals surface area contributed by atoms with Crippen molar-refractivity contribution in [2.24, 2.45) is 5.41 Å². The van der Waals surface area contributed by atoms with E-state index in [1.807, 2.05) is 24.4 Å². The van der Waals surface area contributed by atoms with Crippen LogP contribution in [0, 0.1) is 5.41 Å². The molecule has 0 aliphatic heterocycles. The van der Waals surface area contributed by atoms with Gasteiger partial charge in [-0.3, -0.25) is 4.79 Å². The number of nitrogens with one attached hydrogen (secondary N) is 1. The summed E-state index contributed by atoms with van der Waals surface area (Å²) in [5, 5.41) is 11.4. The summed E-state index contributed by atoms with van der Waals surface area (Å²) in [5.41, 5.74) is 0.256. The Morgan fingerprint density at radius 2 is 1.90 bits per heavy atom. The molecular formula is C23H29N3O3. The molecule has 0 amide bonds. The molecule has 6 heteroatoms. The minimum Gasteiger partial charge on any atom is -0.492 e. The maximum atomic E-state index is 11.3. The molecule has 2 aromatic carbocycles. The van der Waals surface area contributed by atoms with Crippen molar-refractivity contribution in [3.8, 4) is 5.75 Å². The summed E-state index contributed by atoms with van der Waals surface area (Å²) in [7, 11) is 4.15. The number of H-pyrrole nitrogens is 1. The molecule has 0 bridgehead atoms. The Hall–Kier alpha value is -2.86. The minimum atomic E-state index is -0.933. The fourth-order valence-corrected chi connectivity index (χ4v) is 3.26. The highest BCUT2D eigenvalue weighted by atomic mass is 16.5. The van der Waals surface area contributed by atoms with E-state index in [9.17, 15) is 9.90 Å². The molecule has 2 unspecified atom stereocenters. The molecule has 0 fully saturated rings. The first-order valence-electron chi connectivity index (χ1n) is 9.74. The SMILES string of the molecule is CC(C(c1ccc2cc(OCC(C)(C)C(=O)O)ccc2c1)c1ncc[nH]1)N(C)C. The van der Waals surface area contributed by atoms with E-state index in [0.29, 0.717) is 5.75 Å². The molecule has 6 nitrogen and oxygen atoms in total. The lowest BCUT2D eigenvalue weighted by molar-refractivity contribution is -0.148. The first kappa shape index (κ1) is 20.9. The van der Waals surface area contributed by atoms with Crippen molar-refractivity contribution < 1.29 is 14.6 Å². The molecule has 0 saturated carbocycles. The lowest BCUT2D eigenvalue weighted by atomic mass is 9.89. The second kappa shape index (κ2) is 8.25. The van der Waals surface area contributed by atoms with Gasteiger partial charge in [0.25, 0.3) is 0 Å². The molecule has 1 aromatic heterocycles. The first-order chi connectivity index (χ1) is 13.7. The Kier molecular flexibility index (Phi) is 5.94. The van der Waals surface area contributed by atoms with E-state index in [-0.39, 0.29) is 18.6 Å². The number of aliphatic carboxylic acids is 1. The Labute approximate surface area is 171 Å². The van der Waals surface area contributed by atoms with E-state index in [4.69, 9.17) is 4.74 Å². The molecule has 2 atom stereocenters. The number of likely N-dealkylation sites (N-methyl/N-ethyl adjacent to an activating group) is 1. The number of aromatic amines is 1. The third-order valence-corrected chi connectivity index (χ3v) is 5.48. The minimum absolute atomic E-state index is 0.118. The van der Waals surface area contributed by atoms with Crippen molar-refractivity contribution in [2.75, 3.05) is 20.7 Å². The third-order valence-electron chi connectivity index (χ3n) is 5.48. The van der Waals surface area contributed by atoms with Gasteiger partial charge in [-0.25, -0.2) is 4.98 Å². The summed E-state index contributed by atoms with van der Waals surface area (Å²) >= 11 is 0. The number of fused-ring (bicyclic) bond motifs is 1. The Morgan fingerprint density at radius 3 is 2.52 bits per heavy atom. The van der Waals surface area contributed by atoms with Crippen LogP contribution in [0.1, 0.15) is 38.1 Å². The fourth-order valence-electron chi connectivity index (χ4n) is 3.26. The highest BCUT2D eigenvalue weighted by molar-refractivity contribution is 5.84. The average Bonchev–Trinajstić information content (AvgIpc) is 3.20. The third kappa shape index (κ3) is 4.59. The zero-order valence-corrected chi connectivity index (χ0v) is 17.6.